The molecule has 0 atom stereocenters. The SMILES string of the molecule is C=C1C=C(c2cc3sccc3cn2)Oc2ccc(OC3CCN(c4ncccn4)CC3)cc21. The van der Waals surface area contributed by atoms with Crippen molar-refractivity contribution in [3.63, 3.8) is 0 Å². The minimum Gasteiger partial charge on any atom is -0.490 e. The number of allylic oxidation sites excluding steroid dienone is 2. The van der Waals surface area contributed by atoms with Crippen LogP contribution in [0.3, 0.4) is 0 Å². The average molecular weight is 455 g/mol. The van der Waals surface area contributed by atoms with E-state index in [1.807, 2.05) is 36.5 Å². The number of fused-ring (bicyclic) bond motifs is 2. The Kier molecular flexibility index (Phi) is 5.03. The molecule has 4 aromatic rings. The van der Waals surface area contributed by atoms with Crippen LogP contribution < -0.4 is 14.4 Å². The Bertz CT molecular complexity index is 1360. The van der Waals surface area contributed by atoms with Crippen LogP contribution in [-0.4, -0.2) is 34.1 Å². The van der Waals surface area contributed by atoms with Crippen LogP contribution in [0.5, 0.6) is 11.5 Å². The molecule has 7 heteroatoms. The Morgan fingerprint density at radius 1 is 1.06 bits per heavy atom. The lowest BCUT2D eigenvalue weighted by atomic mass is 10.0. The Balaban J connectivity index is 1.15. The summed E-state index contributed by atoms with van der Waals surface area (Å²) in [6.45, 7) is 6.01. The molecular weight excluding hydrogens is 432 g/mol. The lowest BCUT2D eigenvalue weighted by molar-refractivity contribution is 0.170. The molecule has 164 valence electrons. The molecule has 6 nitrogen and oxygen atoms in total. The summed E-state index contributed by atoms with van der Waals surface area (Å²) in [5.41, 5.74) is 2.65. The molecule has 3 aromatic heterocycles. The predicted octanol–water partition coefficient (Wildman–Crippen LogP) is 5.58. The average Bonchev–Trinajstić information content (AvgIpc) is 3.33. The lowest BCUT2D eigenvalue weighted by Gasteiger charge is -2.32. The number of pyridine rings is 1. The Hall–Kier alpha value is -3.71. The highest BCUT2D eigenvalue weighted by Crippen LogP contribution is 2.39. The molecule has 6 rings (SSSR count). The maximum Gasteiger partial charge on any atom is 0.225 e. The smallest absolute Gasteiger partial charge is 0.225 e. The van der Waals surface area contributed by atoms with Crippen molar-refractivity contribution in [1.82, 2.24) is 15.0 Å². The molecule has 2 aliphatic rings. The van der Waals surface area contributed by atoms with Gasteiger partial charge in [0.15, 0.2) is 5.76 Å². The number of hydrogen-bond donors (Lipinski definition) is 0. The highest BCUT2D eigenvalue weighted by Gasteiger charge is 2.24. The van der Waals surface area contributed by atoms with E-state index in [1.165, 1.54) is 4.70 Å². The van der Waals surface area contributed by atoms with Crippen LogP contribution in [0.4, 0.5) is 5.95 Å². The van der Waals surface area contributed by atoms with Crippen molar-refractivity contribution >= 4 is 38.7 Å². The summed E-state index contributed by atoms with van der Waals surface area (Å²) < 4.78 is 13.7. The van der Waals surface area contributed by atoms with Gasteiger partial charge in [-0.3, -0.25) is 4.98 Å². The molecule has 0 spiro atoms. The minimum atomic E-state index is 0.161. The van der Waals surface area contributed by atoms with Crippen LogP contribution in [0, 0.1) is 0 Å². The molecular formula is C26H22N4O2S. The van der Waals surface area contributed by atoms with Crippen molar-refractivity contribution in [2.45, 2.75) is 18.9 Å². The van der Waals surface area contributed by atoms with Crippen LogP contribution in [0.2, 0.25) is 0 Å². The van der Waals surface area contributed by atoms with Gasteiger partial charge in [-0.1, -0.05) is 6.58 Å². The van der Waals surface area contributed by atoms with Crippen LogP contribution in [-0.2, 0) is 0 Å². The van der Waals surface area contributed by atoms with Gasteiger partial charge < -0.3 is 14.4 Å². The monoisotopic (exact) mass is 454 g/mol. The summed E-state index contributed by atoms with van der Waals surface area (Å²) in [5, 5.41) is 3.21. The quantitative estimate of drug-likeness (QED) is 0.401. The van der Waals surface area contributed by atoms with E-state index in [9.17, 15) is 0 Å². The Morgan fingerprint density at radius 3 is 2.76 bits per heavy atom. The summed E-state index contributed by atoms with van der Waals surface area (Å²) >= 11 is 1.70. The zero-order valence-corrected chi connectivity index (χ0v) is 18.8. The molecule has 0 amide bonds. The van der Waals surface area contributed by atoms with E-state index in [-0.39, 0.29) is 6.10 Å². The van der Waals surface area contributed by atoms with E-state index in [1.54, 1.807) is 23.7 Å². The second kappa shape index (κ2) is 8.33. The number of hydrogen-bond acceptors (Lipinski definition) is 7. The number of anilines is 1. The van der Waals surface area contributed by atoms with E-state index < -0.39 is 0 Å². The number of benzene rings is 1. The second-order valence-corrected chi connectivity index (χ2v) is 9.12. The molecule has 0 radical (unpaired) electrons. The lowest BCUT2D eigenvalue weighted by Crippen LogP contribution is -2.39. The molecule has 0 aliphatic carbocycles. The molecule has 5 heterocycles. The van der Waals surface area contributed by atoms with Gasteiger partial charge >= 0.3 is 0 Å². The first kappa shape index (κ1) is 19.9. The van der Waals surface area contributed by atoms with Gasteiger partial charge in [0.2, 0.25) is 5.95 Å². The standard InChI is InChI=1S/C26H22N4O2S/c1-17-13-24(22-15-25-18(16-29-22)7-12-33-25)32-23-4-3-20(14-21(17)23)31-19-5-10-30(11-6-19)26-27-8-2-9-28-26/h2-4,7-9,12-16,19H,1,5-6,10-11H2. The highest BCUT2D eigenvalue weighted by molar-refractivity contribution is 7.17. The molecule has 33 heavy (non-hydrogen) atoms. The van der Waals surface area contributed by atoms with Gasteiger partial charge in [-0.2, -0.15) is 0 Å². The van der Waals surface area contributed by atoms with E-state index in [4.69, 9.17) is 9.47 Å². The number of ether oxygens (including phenoxy) is 2. The topological polar surface area (TPSA) is 60.4 Å². The van der Waals surface area contributed by atoms with E-state index in [2.05, 4.69) is 43.9 Å². The van der Waals surface area contributed by atoms with Gasteiger partial charge in [0.05, 0.1) is 0 Å². The largest absolute Gasteiger partial charge is 0.490 e. The van der Waals surface area contributed by atoms with Gasteiger partial charge in [0.1, 0.15) is 23.3 Å². The van der Waals surface area contributed by atoms with Gasteiger partial charge in [-0.05, 0) is 53.4 Å². The maximum absolute atomic E-state index is 6.31. The van der Waals surface area contributed by atoms with Crippen molar-refractivity contribution in [1.29, 1.82) is 0 Å². The molecule has 0 N–H and O–H groups in total. The Morgan fingerprint density at radius 2 is 1.91 bits per heavy atom. The summed E-state index contributed by atoms with van der Waals surface area (Å²) in [5.74, 6) is 3.11. The van der Waals surface area contributed by atoms with Gasteiger partial charge in [-0.15, -0.1) is 11.3 Å². The molecule has 0 unspecified atom stereocenters. The number of thiophene rings is 1. The van der Waals surface area contributed by atoms with Gasteiger partial charge in [-0.25, -0.2) is 9.97 Å². The molecule has 0 saturated carbocycles. The van der Waals surface area contributed by atoms with E-state index >= 15 is 0 Å². The van der Waals surface area contributed by atoms with Crippen molar-refractivity contribution < 1.29 is 9.47 Å². The van der Waals surface area contributed by atoms with Crippen molar-refractivity contribution in [3.8, 4) is 11.5 Å². The third-order valence-corrected chi connectivity index (χ3v) is 6.87. The van der Waals surface area contributed by atoms with Crippen LogP contribution in [0.1, 0.15) is 24.1 Å². The van der Waals surface area contributed by atoms with Crippen molar-refractivity contribution in [3.05, 3.63) is 84.3 Å². The first-order chi connectivity index (χ1) is 16.2. The van der Waals surface area contributed by atoms with E-state index in [0.717, 1.165) is 65.6 Å². The van der Waals surface area contributed by atoms with Gasteiger partial charge in [0.25, 0.3) is 0 Å². The number of rotatable bonds is 4. The zero-order chi connectivity index (χ0) is 22.2. The van der Waals surface area contributed by atoms with E-state index in [0.29, 0.717) is 5.76 Å². The summed E-state index contributed by atoms with van der Waals surface area (Å²) in [6, 6.07) is 11.9. The molecule has 0 bridgehead atoms. The third kappa shape index (κ3) is 3.96. The number of aromatic nitrogens is 3. The van der Waals surface area contributed by atoms with Crippen LogP contribution in [0.25, 0.3) is 21.4 Å². The van der Waals surface area contributed by atoms with Crippen molar-refractivity contribution in [2.24, 2.45) is 0 Å². The fourth-order valence-electron chi connectivity index (χ4n) is 4.24. The maximum atomic E-state index is 6.31. The summed E-state index contributed by atoms with van der Waals surface area (Å²) in [7, 11) is 0. The number of nitrogens with zero attached hydrogens (tertiary/aromatic N) is 4. The van der Waals surface area contributed by atoms with Crippen LogP contribution >= 0.6 is 11.3 Å². The normalized spacial score (nSPS) is 16.3. The second-order valence-electron chi connectivity index (χ2n) is 8.17. The molecule has 1 fully saturated rings. The highest BCUT2D eigenvalue weighted by atomic mass is 32.1. The molecule has 1 aromatic carbocycles. The predicted molar refractivity (Wildman–Crippen MR) is 132 cm³/mol. The third-order valence-electron chi connectivity index (χ3n) is 5.99. The molecule has 1 saturated heterocycles. The zero-order valence-electron chi connectivity index (χ0n) is 18.0. The fraction of sp³-hybridized carbons (Fsp3) is 0.192. The first-order valence-electron chi connectivity index (χ1n) is 11.0. The van der Waals surface area contributed by atoms with Crippen molar-refractivity contribution in [2.75, 3.05) is 18.0 Å². The minimum absolute atomic E-state index is 0.161. The Labute approximate surface area is 195 Å². The van der Waals surface area contributed by atoms with Crippen LogP contribution in [0.15, 0.2) is 73.0 Å². The van der Waals surface area contributed by atoms with Gasteiger partial charge in [0, 0.05) is 60.2 Å². The summed E-state index contributed by atoms with van der Waals surface area (Å²) in [4.78, 5) is 15.5. The fourth-order valence-corrected chi connectivity index (χ4v) is 5.04. The number of piperidine rings is 1. The first-order valence-corrected chi connectivity index (χ1v) is 11.9. The molecule has 2 aliphatic heterocycles. The summed E-state index contributed by atoms with van der Waals surface area (Å²) in [6.07, 6.45) is 9.41.